The van der Waals surface area contributed by atoms with Crippen LogP contribution >= 0.6 is 23.6 Å². The van der Waals surface area contributed by atoms with Gasteiger partial charge in [-0.25, -0.2) is 0 Å². The number of nitrogens with one attached hydrogen (secondary N) is 2. The van der Waals surface area contributed by atoms with Crippen LogP contribution in [0.5, 0.6) is 11.5 Å². The Hall–Kier alpha value is -2.63. The van der Waals surface area contributed by atoms with E-state index in [0.29, 0.717) is 28.0 Å². The zero-order chi connectivity index (χ0) is 22.8. The summed E-state index contributed by atoms with van der Waals surface area (Å²) in [6, 6.07) is 7.42. The topological polar surface area (TPSA) is 83.4 Å². The number of benzene rings is 1. The second-order valence-corrected chi connectivity index (χ2v) is 10.1. The number of thiocarbonyl (C=S) groups is 1. The number of hydrogen-bond donors (Lipinski definition) is 2. The lowest BCUT2D eigenvalue weighted by Gasteiger charge is -2.33. The number of hydrogen-bond acceptors (Lipinski definition) is 6. The van der Waals surface area contributed by atoms with Gasteiger partial charge in [-0.1, -0.05) is 26.8 Å². The Morgan fingerprint density at radius 1 is 1.26 bits per heavy atom. The molecule has 1 aliphatic carbocycles. The number of fused-ring (bicyclic) bond motifs is 1. The fourth-order valence-corrected chi connectivity index (χ4v) is 5.45. The van der Waals surface area contributed by atoms with Crippen molar-refractivity contribution in [3.63, 3.8) is 0 Å². The molecule has 8 heteroatoms. The van der Waals surface area contributed by atoms with Gasteiger partial charge >= 0.3 is 0 Å². The summed E-state index contributed by atoms with van der Waals surface area (Å²) < 4.78 is 10.6. The highest BCUT2D eigenvalue weighted by Crippen LogP contribution is 2.44. The average molecular weight is 458 g/mol. The van der Waals surface area contributed by atoms with Gasteiger partial charge in [-0.15, -0.1) is 11.3 Å². The lowest BCUT2D eigenvalue weighted by molar-refractivity contribution is 0.0971. The lowest BCUT2D eigenvalue weighted by Crippen LogP contribution is -2.34. The maximum atomic E-state index is 12.8. The van der Waals surface area contributed by atoms with Gasteiger partial charge in [0.25, 0.3) is 5.91 Å². The third-order valence-corrected chi connectivity index (χ3v) is 7.08. The van der Waals surface area contributed by atoms with Gasteiger partial charge in [0, 0.05) is 4.88 Å². The van der Waals surface area contributed by atoms with Crippen LogP contribution in [0.1, 0.15) is 53.6 Å². The van der Waals surface area contributed by atoms with E-state index in [1.54, 1.807) is 29.5 Å². The number of carbonyl (C=O) groups excluding carboxylic acids is 1. The van der Waals surface area contributed by atoms with E-state index in [1.807, 2.05) is 0 Å². The molecule has 2 N–H and O–H groups in total. The van der Waals surface area contributed by atoms with Gasteiger partial charge in [-0.05, 0) is 60.5 Å². The molecule has 0 aliphatic heterocycles. The molecule has 6 nitrogen and oxygen atoms in total. The highest BCUT2D eigenvalue weighted by atomic mass is 32.1. The van der Waals surface area contributed by atoms with Crippen molar-refractivity contribution >= 4 is 39.6 Å². The molecule has 31 heavy (non-hydrogen) atoms. The maximum absolute atomic E-state index is 12.8. The van der Waals surface area contributed by atoms with E-state index in [4.69, 9.17) is 21.7 Å². The van der Waals surface area contributed by atoms with Gasteiger partial charge in [-0.3, -0.25) is 10.1 Å². The number of carbonyl (C=O) groups is 1. The SMILES string of the molecule is COc1cccc(OC)c1C(=O)NC(=S)Nc1sc2c(c1C#N)CC[C@H](C(C)(C)C)C2. The molecule has 0 spiro atoms. The van der Waals surface area contributed by atoms with Crippen LogP contribution in [0.3, 0.4) is 0 Å². The van der Waals surface area contributed by atoms with Crippen LogP contribution in [-0.2, 0) is 12.8 Å². The monoisotopic (exact) mass is 457 g/mol. The van der Waals surface area contributed by atoms with Crippen molar-refractivity contribution < 1.29 is 14.3 Å². The minimum Gasteiger partial charge on any atom is -0.496 e. The second-order valence-electron chi connectivity index (χ2n) is 8.57. The molecule has 1 heterocycles. The molecule has 0 saturated heterocycles. The number of nitrogens with zero attached hydrogens (tertiary/aromatic N) is 1. The van der Waals surface area contributed by atoms with Gasteiger partial charge < -0.3 is 14.8 Å². The van der Waals surface area contributed by atoms with Crippen LogP contribution in [0, 0.1) is 22.7 Å². The van der Waals surface area contributed by atoms with Crippen LogP contribution in [-0.4, -0.2) is 25.2 Å². The molecule has 2 aromatic rings. The molecule has 0 radical (unpaired) electrons. The van der Waals surface area contributed by atoms with E-state index < -0.39 is 5.91 Å². The average Bonchev–Trinajstić information content (AvgIpc) is 3.07. The van der Waals surface area contributed by atoms with Gasteiger partial charge in [0.2, 0.25) is 0 Å². The number of thiophene rings is 1. The Balaban J connectivity index is 1.79. The predicted molar refractivity (Wildman–Crippen MR) is 127 cm³/mol. The molecule has 0 saturated carbocycles. The number of ether oxygens (including phenoxy) is 2. The molecule has 1 aromatic heterocycles. The summed E-state index contributed by atoms with van der Waals surface area (Å²) in [4.78, 5) is 14.1. The fraction of sp³-hybridized carbons (Fsp3) is 0.435. The summed E-state index contributed by atoms with van der Waals surface area (Å²) in [5.41, 5.74) is 2.21. The maximum Gasteiger partial charge on any atom is 0.264 e. The predicted octanol–water partition coefficient (Wildman–Crippen LogP) is 4.91. The molecule has 0 unspecified atom stereocenters. The summed E-state index contributed by atoms with van der Waals surface area (Å²) in [5.74, 6) is 0.900. The van der Waals surface area contributed by atoms with Gasteiger partial charge in [0.05, 0.1) is 19.8 Å². The first-order valence-electron chi connectivity index (χ1n) is 10.1. The summed E-state index contributed by atoms with van der Waals surface area (Å²) in [6.45, 7) is 6.78. The summed E-state index contributed by atoms with van der Waals surface area (Å²) in [5, 5.41) is 16.3. The van der Waals surface area contributed by atoms with E-state index in [1.165, 1.54) is 19.1 Å². The molecule has 3 rings (SSSR count). The summed E-state index contributed by atoms with van der Waals surface area (Å²) >= 11 is 6.93. The molecular formula is C23H27N3O3S2. The molecule has 164 valence electrons. The summed E-state index contributed by atoms with van der Waals surface area (Å²) in [6.07, 6.45) is 2.91. The van der Waals surface area contributed by atoms with Crippen LogP contribution < -0.4 is 20.1 Å². The number of amides is 1. The van der Waals surface area contributed by atoms with E-state index in [-0.39, 0.29) is 16.1 Å². The zero-order valence-electron chi connectivity index (χ0n) is 18.4. The van der Waals surface area contributed by atoms with Gasteiger partial charge in [-0.2, -0.15) is 5.26 Å². The van der Waals surface area contributed by atoms with Crippen LogP contribution in [0.4, 0.5) is 5.00 Å². The number of nitriles is 1. The quantitative estimate of drug-likeness (QED) is 0.635. The molecule has 1 atom stereocenters. The fourth-order valence-electron chi connectivity index (χ4n) is 3.91. The van der Waals surface area contributed by atoms with Crippen molar-refractivity contribution in [1.29, 1.82) is 5.26 Å². The minimum atomic E-state index is -0.445. The third-order valence-electron chi connectivity index (χ3n) is 5.71. The Kier molecular flexibility index (Phi) is 6.87. The highest BCUT2D eigenvalue weighted by Gasteiger charge is 2.32. The molecule has 1 aliphatic rings. The standard InChI is InChI=1S/C23H27N3O3S2/c1-23(2,3)13-9-10-14-15(12-24)21(31-18(14)11-13)26-22(30)25-20(27)19-16(28-4)7-6-8-17(19)29-5/h6-8,13H,9-11H2,1-5H3,(H2,25,26,27,30)/t13-/m0/s1. The normalized spacial score (nSPS) is 15.4. The molecule has 0 fully saturated rings. The van der Waals surface area contributed by atoms with E-state index in [0.717, 1.165) is 24.8 Å². The largest absolute Gasteiger partial charge is 0.496 e. The highest BCUT2D eigenvalue weighted by molar-refractivity contribution is 7.80. The van der Waals surface area contributed by atoms with Crippen molar-refractivity contribution in [2.75, 3.05) is 19.5 Å². The second kappa shape index (κ2) is 9.25. The zero-order valence-corrected chi connectivity index (χ0v) is 20.1. The van der Waals surface area contributed by atoms with E-state index in [2.05, 4.69) is 37.5 Å². The Labute approximate surface area is 192 Å². The molecule has 0 bridgehead atoms. The van der Waals surface area contributed by atoms with Gasteiger partial charge in [0.1, 0.15) is 28.1 Å². The Bertz CT molecular complexity index is 1030. The third kappa shape index (κ3) is 4.83. The van der Waals surface area contributed by atoms with Crippen LogP contribution in [0.25, 0.3) is 0 Å². The first-order chi connectivity index (χ1) is 14.7. The Morgan fingerprint density at radius 3 is 2.45 bits per heavy atom. The van der Waals surface area contributed by atoms with E-state index >= 15 is 0 Å². The van der Waals surface area contributed by atoms with Crippen molar-refractivity contribution in [3.8, 4) is 17.6 Å². The number of methoxy groups -OCH3 is 2. The minimum absolute atomic E-state index is 0.125. The Morgan fingerprint density at radius 2 is 1.90 bits per heavy atom. The summed E-state index contributed by atoms with van der Waals surface area (Å²) in [7, 11) is 2.98. The van der Waals surface area contributed by atoms with Gasteiger partial charge in [0.15, 0.2) is 5.11 Å². The molecule has 1 aromatic carbocycles. The number of anilines is 1. The molecule has 1 amide bonds. The first-order valence-corrected chi connectivity index (χ1v) is 11.3. The smallest absolute Gasteiger partial charge is 0.264 e. The van der Waals surface area contributed by atoms with E-state index in [9.17, 15) is 10.1 Å². The van der Waals surface area contributed by atoms with Crippen molar-refractivity contribution in [1.82, 2.24) is 5.32 Å². The lowest BCUT2D eigenvalue weighted by atomic mass is 9.72. The number of rotatable bonds is 4. The molecular weight excluding hydrogens is 430 g/mol. The van der Waals surface area contributed by atoms with Crippen molar-refractivity contribution in [3.05, 3.63) is 39.8 Å². The van der Waals surface area contributed by atoms with Crippen molar-refractivity contribution in [2.24, 2.45) is 11.3 Å². The van der Waals surface area contributed by atoms with Crippen molar-refractivity contribution in [2.45, 2.75) is 40.0 Å². The first kappa shape index (κ1) is 23.0. The van der Waals surface area contributed by atoms with Crippen LogP contribution in [0.15, 0.2) is 18.2 Å². The van der Waals surface area contributed by atoms with Crippen LogP contribution in [0.2, 0.25) is 0 Å².